The molecule has 0 unspecified atom stereocenters. The first kappa shape index (κ1) is 17.0. The molecule has 112 valence electrons. The van der Waals surface area contributed by atoms with Gasteiger partial charge < -0.3 is 15.4 Å². The zero-order chi connectivity index (χ0) is 15.1. The molecule has 20 heavy (non-hydrogen) atoms. The van der Waals surface area contributed by atoms with Gasteiger partial charge in [0.1, 0.15) is 12.4 Å². The van der Waals surface area contributed by atoms with Crippen LogP contribution in [0.5, 0.6) is 5.75 Å². The van der Waals surface area contributed by atoms with E-state index in [1.807, 2.05) is 45.0 Å². The van der Waals surface area contributed by atoms with Crippen LogP contribution in [0.2, 0.25) is 0 Å². The van der Waals surface area contributed by atoms with Gasteiger partial charge in [-0.1, -0.05) is 29.8 Å². The minimum atomic E-state index is -0.442. The third kappa shape index (κ3) is 5.13. The third-order valence-electron chi connectivity index (χ3n) is 3.14. The number of rotatable bonds is 7. The summed E-state index contributed by atoms with van der Waals surface area (Å²) < 4.78 is 6.64. The van der Waals surface area contributed by atoms with E-state index in [4.69, 9.17) is 10.5 Å². The van der Waals surface area contributed by atoms with Gasteiger partial charge in [-0.3, -0.25) is 4.79 Å². The fourth-order valence-corrected chi connectivity index (χ4v) is 1.99. The van der Waals surface area contributed by atoms with Crippen LogP contribution in [-0.4, -0.2) is 36.5 Å². The fraction of sp³-hybridized carbons (Fsp3) is 0.533. The first-order valence-corrected chi connectivity index (χ1v) is 7.67. The standard InChI is InChI=1S/C15H23BrN2O2/c1-4-18(15(19)14(17)11(2)3)9-10-20-13-7-5-12(16)6-8-13/h5-8,11,14H,4,9-10,17H2,1-3H3/t14-/m0/s1. The second-order valence-corrected chi connectivity index (χ2v) is 5.91. The summed E-state index contributed by atoms with van der Waals surface area (Å²) in [4.78, 5) is 13.9. The van der Waals surface area contributed by atoms with Crippen molar-refractivity contribution in [3.05, 3.63) is 28.7 Å². The van der Waals surface area contributed by atoms with Gasteiger partial charge in [0, 0.05) is 11.0 Å². The Labute approximate surface area is 129 Å². The van der Waals surface area contributed by atoms with Crippen molar-refractivity contribution in [1.29, 1.82) is 0 Å². The number of carbonyl (C=O) groups is 1. The van der Waals surface area contributed by atoms with E-state index in [0.717, 1.165) is 10.2 Å². The van der Waals surface area contributed by atoms with Crippen LogP contribution in [-0.2, 0) is 4.79 Å². The minimum Gasteiger partial charge on any atom is -0.492 e. The molecule has 0 saturated heterocycles. The Morgan fingerprint density at radius 2 is 1.95 bits per heavy atom. The maximum atomic E-state index is 12.1. The SMILES string of the molecule is CCN(CCOc1ccc(Br)cc1)C(=O)[C@@H](N)C(C)C. The van der Waals surface area contributed by atoms with Gasteiger partial charge in [-0.25, -0.2) is 0 Å². The highest BCUT2D eigenvalue weighted by molar-refractivity contribution is 9.10. The highest BCUT2D eigenvalue weighted by Crippen LogP contribution is 2.16. The fourth-order valence-electron chi connectivity index (χ4n) is 1.72. The number of likely N-dealkylation sites (N-methyl/N-ethyl adjacent to an activating group) is 1. The van der Waals surface area contributed by atoms with Crippen molar-refractivity contribution >= 4 is 21.8 Å². The lowest BCUT2D eigenvalue weighted by Crippen LogP contribution is -2.47. The van der Waals surface area contributed by atoms with Crippen molar-refractivity contribution in [2.24, 2.45) is 11.7 Å². The van der Waals surface area contributed by atoms with E-state index < -0.39 is 6.04 Å². The van der Waals surface area contributed by atoms with Crippen molar-refractivity contribution in [2.75, 3.05) is 19.7 Å². The number of halogens is 1. The van der Waals surface area contributed by atoms with Gasteiger partial charge in [-0.05, 0) is 37.1 Å². The van der Waals surface area contributed by atoms with Gasteiger partial charge >= 0.3 is 0 Å². The van der Waals surface area contributed by atoms with Crippen molar-refractivity contribution in [1.82, 2.24) is 4.90 Å². The van der Waals surface area contributed by atoms with E-state index in [-0.39, 0.29) is 11.8 Å². The quantitative estimate of drug-likeness (QED) is 0.828. The molecule has 0 saturated carbocycles. The monoisotopic (exact) mass is 342 g/mol. The molecule has 1 aromatic rings. The number of ether oxygens (including phenoxy) is 1. The summed E-state index contributed by atoms with van der Waals surface area (Å²) in [7, 11) is 0. The molecule has 1 rings (SSSR count). The summed E-state index contributed by atoms with van der Waals surface area (Å²) in [5.74, 6) is 0.927. The maximum absolute atomic E-state index is 12.1. The Morgan fingerprint density at radius 1 is 1.35 bits per heavy atom. The minimum absolute atomic E-state index is 0.0121. The average molecular weight is 343 g/mol. The molecule has 0 heterocycles. The zero-order valence-electron chi connectivity index (χ0n) is 12.3. The number of carbonyl (C=O) groups excluding carboxylic acids is 1. The highest BCUT2D eigenvalue weighted by atomic mass is 79.9. The van der Waals surface area contributed by atoms with Crippen LogP contribution in [0, 0.1) is 5.92 Å². The van der Waals surface area contributed by atoms with Gasteiger partial charge in [-0.2, -0.15) is 0 Å². The summed E-state index contributed by atoms with van der Waals surface area (Å²) in [5, 5.41) is 0. The summed E-state index contributed by atoms with van der Waals surface area (Å²) in [6, 6.07) is 7.19. The van der Waals surface area contributed by atoms with Crippen LogP contribution >= 0.6 is 15.9 Å². The van der Waals surface area contributed by atoms with Gasteiger partial charge in [0.15, 0.2) is 0 Å². The van der Waals surface area contributed by atoms with Crippen molar-refractivity contribution < 1.29 is 9.53 Å². The molecule has 4 nitrogen and oxygen atoms in total. The lowest BCUT2D eigenvalue weighted by atomic mass is 10.0. The molecule has 2 N–H and O–H groups in total. The van der Waals surface area contributed by atoms with Crippen LogP contribution in [0.25, 0.3) is 0 Å². The zero-order valence-corrected chi connectivity index (χ0v) is 13.9. The summed E-state index contributed by atoms with van der Waals surface area (Å²) in [6.07, 6.45) is 0. The summed E-state index contributed by atoms with van der Waals surface area (Å²) in [6.45, 7) is 7.51. The molecule has 0 bridgehead atoms. The molecule has 0 aliphatic carbocycles. The van der Waals surface area contributed by atoms with Gasteiger partial charge in [0.25, 0.3) is 0 Å². The van der Waals surface area contributed by atoms with Crippen LogP contribution in [0.1, 0.15) is 20.8 Å². The van der Waals surface area contributed by atoms with Crippen LogP contribution in [0.15, 0.2) is 28.7 Å². The van der Waals surface area contributed by atoms with E-state index in [0.29, 0.717) is 19.7 Å². The van der Waals surface area contributed by atoms with Crippen LogP contribution in [0.3, 0.4) is 0 Å². The molecule has 0 radical (unpaired) electrons. The number of hydrogen-bond acceptors (Lipinski definition) is 3. The largest absolute Gasteiger partial charge is 0.492 e. The Hall–Kier alpha value is -1.07. The molecule has 1 aromatic carbocycles. The Balaban J connectivity index is 2.45. The molecular weight excluding hydrogens is 320 g/mol. The third-order valence-corrected chi connectivity index (χ3v) is 3.67. The van der Waals surface area contributed by atoms with E-state index >= 15 is 0 Å². The normalized spacial score (nSPS) is 12.3. The summed E-state index contributed by atoms with van der Waals surface area (Å²) >= 11 is 3.37. The number of benzene rings is 1. The van der Waals surface area contributed by atoms with Crippen molar-refractivity contribution in [3.8, 4) is 5.75 Å². The summed E-state index contributed by atoms with van der Waals surface area (Å²) in [5.41, 5.74) is 5.90. The predicted octanol–water partition coefficient (Wildman–Crippen LogP) is 2.66. The predicted molar refractivity (Wildman–Crippen MR) is 84.7 cm³/mol. The Kier molecular flexibility index (Phi) is 7.02. The van der Waals surface area contributed by atoms with Gasteiger partial charge in [-0.15, -0.1) is 0 Å². The Morgan fingerprint density at radius 3 is 2.45 bits per heavy atom. The van der Waals surface area contributed by atoms with E-state index in [9.17, 15) is 4.79 Å². The molecule has 0 aromatic heterocycles. The first-order chi connectivity index (χ1) is 9.45. The molecule has 1 amide bonds. The number of amides is 1. The second kappa shape index (κ2) is 8.27. The Bertz CT molecular complexity index is 420. The second-order valence-electron chi connectivity index (χ2n) is 4.99. The molecule has 0 spiro atoms. The van der Waals surface area contributed by atoms with Crippen molar-refractivity contribution in [3.63, 3.8) is 0 Å². The van der Waals surface area contributed by atoms with Gasteiger partial charge in [0.05, 0.1) is 12.6 Å². The molecule has 0 aliphatic rings. The lowest BCUT2D eigenvalue weighted by Gasteiger charge is -2.26. The smallest absolute Gasteiger partial charge is 0.239 e. The highest BCUT2D eigenvalue weighted by Gasteiger charge is 2.22. The average Bonchev–Trinajstić information content (AvgIpc) is 2.44. The number of nitrogens with two attached hydrogens (primary N) is 1. The topological polar surface area (TPSA) is 55.6 Å². The number of nitrogens with zero attached hydrogens (tertiary/aromatic N) is 1. The first-order valence-electron chi connectivity index (χ1n) is 6.88. The van der Waals surface area contributed by atoms with Crippen LogP contribution in [0.4, 0.5) is 0 Å². The molecule has 0 aliphatic heterocycles. The molecular formula is C15H23BrN2O2. The molecule has 5 heteroatoms. The molecule has 1 atom stereocenters. The van der Waals surface area contributed by atoms with E-state index in [1.165, 1.54) is 0 Å². The maximum Gasteiger partial charge on any atom is 0.239 e. The van der Waals surface area contributed by atoms with Crippen LogP contribution < -0.4 is 10.5 Å². The van der Waals surface area contributed by atoms with Gasteiger partial charge in [0.2, 0.25) is 5.91 Å². The lowest BCUT2D eigenvalue weighted by molar-refractivity contribution is -0.133. The molecule has 0 fully saturated rings. The van der Waals surface area contributed by atoms with Crippen molar-refractivity contribution in [2.45, 2.75) is 26.8 Å². The number of hydrogen-bond donors (Lipinski definition) is 1. The van der Waals surface area contributed by atoms with E-state index in [1.54, 1.807) is 4.90 Å². The van der Waals surface area contributed by atoms with E-state index in [2.05, 4.69) is 15.9 Å².